The fourth-order valence-corrected chi connectivity index (χ4v) is 1.50. The predicted octanol–water partition coefficient (Wildman–Crippen LogP) is 3.07. The Morgan fingerprint density at radius 2 is 1.71 bits per heavy atom. The number of aliphatic hydroxyl groups is 1. The number of allylic oxidation sites excluding steroid dienone is 3. The second-order valence-corrected chi connectivity index (χ2v) is 3.91. The molecular formula is C14H22O3. The van der Waals surface area contributed by atoms with Crippen molar-refractivity contribution in [1.82, 2.24) is 0 Å². The molecule has 0 saturated heterocycles. The Kier molecular flexibility index (Phi) is 9.06. The lowest BCUT2D eigenvalue weighted by Gasteiger charge is -2.04. The monoisotopic (exact) mass is 238 g/mol. The molecule has 1 fully saturated rings. The van der Waals surface area contributed by atoms with Crippen molar-refractivity contribution in [3.8, 4) is 0 Å². The maximum absolute atomic E-state index is 10.3. The van der Waals surface area contributed by atoms with Gasteiger partial charge >= 0.3 is 5.97 Å². The van der Waals surface area contributed by atoms with Gasteiger partial charge in [0.2, 0.25) is 0 Å². The van der Waals surface area contributed by atoms with Crippen LogP contribution in [-0.4, -0.2) is 22.3 Å². The molecule has 0 aromatic heterocycles. The van der Waals surface area contributed by atoms with E-state index in [-0.39, 0.29) is 5.57 Å². The van der Waals surface area contributed by atoms with E-state index in [1.165, 1.54) is 44.3 Å². The molecule has 1 atom stereocenters. The highest BCUT2D eigenvalue weighted by molar-refractivity contribution is 5.76. The summed E-state index contributed by atoms with van der Waals surface area (Å²) in [5.41, 5.74) is 0.278. The summed E-state index contributed by atoms with van der Waals surface area (Å²) in [5.74, 6) is -1.27. The summed E-state index contributed by atoms with van der Waals surface area (Å²) in [4.78, 5) is 10.3. The maximum Gasteiger partial charge on any atom is 0.337 e. The van der Waals surface area contributed by atoms with Crippen LogP contribution in [0.4, 0.5) is 0 Å². The molecule has 0 aromatic carbocycles. The molecule has 0 spiro atoms. The van der Waals surface area contributed by atoms with Crippen LogP contribution >= 0.6 is 0 Å². The minimum atomic E-state index is -1.49. The van der Waals surface area contributed by atoms with Gasteiger partial charge in [-0.15, -0.1) is 0 Å². The molecule has 96 valence electrons. The summed E-state index contributed by atoms with van der Waals surface area (Å²) in [5, 5.41) is 17.5. The standard InChI is InChI=1S/C9H12O3.C5H10/c1-3-5-6-7(4-2)8(10)9(11)12;1-2-4-5-3-1/h3-6,8,10H,2H2,1H3,(H,11,12);1-5H2/b5-3-,7-6+;. The van der Waals surface area contributed by atoms with Gasteiger partial charge < -0.3 is 10.2 Å². The van der Waals surface area contributed by atoms with E-state index in [0.29, 0.717) is 0 Å². The molecule has 0 aromatic rings. The van der Waals surface area contributed by atoms with Crippen LogP contribution in [0.25, 0.3) is 0 Å². The first-order valence-electron chi connectivity index (χ1n) is 5.99. The van der Waals surface area contributed by atoms with Crippen LogP contribution in [0, 0.1) is 0 Å². The van der Waals surface area contributed by atoms with E-state index in [1.54, 1.807) is 19.1 Å². The normalized spacial score (nSPS) is 17.4. The average Bonchev–Trinajstić information content (AvgIpc) is 2.88. The van der Waals surface area contributed by atoms with Gasteiger partial charge in [0.25, 0.3) is 0 Å². The van der Waals surface area contributed by atoms with Gasteiger partial charge in [-0.2, -0.15) is 0 Å². The molecule has 1 rings (SSSR count). The summed E-state index contributed by atoms with van der Waals surface area (Å²) in [6.45, 7) is 5.19. The predicted molar refractivity (Wildman–Crippen MR) is 69.8 cm³/mol. The Balaban J connectivity index is 0.000000419. The summed E-state index contributed by atoms with van der Waals surface area (Å²) < 4.78 is 0. The minimum Gasteiger partial charge on any atom is -0.479 e. The first-order chi connectivity index (χ1) is 8.13. The van der Waals surface area contributed by atoms with Crippen molar-refractivity contribution >= 4 is 5.97 Å². The van der Waals surface area contributed by atoms with E-state index >= 15 is 0 Å². The van der Waals surface area contributed by atoms with Gasteiger partial charge in [0, 0.05) is 0 Å². The number of aliphatic hydroxyl groups excluding tert-OH is 1. The molecule has 0 heterocycles. The van der Waals surface area contributed by atoms with Crippen molar-refractivity contribution in [1.29, 1.82) is 0 Å². The topological polar surface area (TPSA) is 57.5 Å². The SMILES string of the molecule is C1CCCC1.C=C/C(=C\C=C/C)C(O)C(=O)O. The molecule has 1 unspecified atom stereocenters. The third-order valence-corrected chi connectivity index (χ3v) is 2.52. The maximum atomic E-state index is 10.3. The Labute approximate surface area is 103 Å². The summed E-state index contributed by atoms with van der Waals surface area (Å²) >= 11 is 0. The molecule has 1 aliphatic carbocycles. The summed E-state index contributed by atoms with van der Waals surface area (Å²) in [7, 11) is 0. The first kappa shape index (κ1) is 15.7. The highest BCUT2D eigenvalue weighted by Crippen LogP contribution is 2.15. The van der Waals surface area contributed by atoms with Crippen LogP contribution < -0.4 is 0 Å². The zero-order valence-corrected chi connectivity index (χ0v) is 10.4. The lowest BCUT2D eigenvalue weighted by atomic mass is 10.1. The Hall–Kier alpha value is -1.35. The molecule has 0 bridgehead atoms. The fraction of sp³-hybridized carbons (Fsp3) is 0.500. The lowest BCUT2D eigenvalue weighted by molar-refractivity contribution is -0.144. The van der Waals surface area contributed by atoms with Crippen LogP contribution in [0.3, 0.4) is 0 Å². The molecule has 2 N–H and O–H groups in total. The van der Waals surface area contributed by atoms with Crippen molar-refractivity contribution < 1.29 is 15.0 Å². The molecule has 1 saturated carbocycles. The van der Waals surface area contributed by atoms with E-state index < -0.39 is 12.1 Å². The molecule has 0 amide bonds. The zero-order valence-electron chi connectivity index (χ0n) is 10.4. The van der Waals surface area contributed by atoms with E-state index in [4.69, 9.17) is 10.2 Å². The molecule has 3 nitrogen and oxygen atoms in total. The van der Waals surface area contributed by atoms with Crippen molar-refractivity contribution in [2.45, 2.75) is 45.1 Å². The molecule has 1 aliphatic rings. The van der Waals surface area contributed by atoms with Gasteiger partial charge in [-0.05, 0) is 12.5 Å². The number of carboxylic acid groups (broad SMARTS) is 1. The lowest BCUT2D eigenvalue weighted by Crippen LogP contribution is -2.20. The highest BCUT2D eigenvalue weighted by Gasteiger charge is 2.15. The third-order valence-electron chi connectivity index (χ3n) is 2.52. The van der Waals surface area contributed by atoms with Crippen LogP contribution in [0.2, 0.25) is 0 Å². The van der Waals surface area contributed by atoms with E-state index in [1.807, 2.05) is 0 Å². The minimum absolute atomic E-state index is 0.278. The molecule has 0 aliphatic heterocycles. The number of carbonyl (C=O) groups is 1. The zero-order chi connectivity index (χ0) is 13.1. The molecule has 17 heavy (non-hydrogen) atoms. The smallest absolute Gasteiger partial charge is 0.337 e. The van der Waals surface area contributed by atoms with Gasteiger partial charge in [-0.1, -0.05) is 63.0 Å². The number of aliphatic carboxylic acids is 1. The second-order valence-electron chi connectivity index (χ2n) is 3.91. The van der Waals surface area contributed by atoms with Crippen LogP contribution in [0.1, 0.15) is 39.0 Å². The quantitative estimate of drug-likeness (QED) is 0.740. The van der Waals surface area contributed by atoms with E-state index in [0.717, 1.165) is 0 Å². The summed E-state index contributed by atoms with van der Waals surface area (Å²) in [6.07, 6.45) is 12.2. The van der Waals surface area contributed by atoms with Crippen LogP contribution in [-0.2, 0) is 4.79 Å². The molecule has 3 heteroatoms. The van der Waals surface area contributed by atoms with Gasteiger partial charge in [0.1, 0.15) is 0 Å². The fourth-order valence-electron chi connectivity index (χ4n) is 1.50. The summed E-state index contributed by atoms with van der Waals surface area (Å²) in [6, 6.07) is 0. The van der Waals surface area contributed by atoms with Gasteiger partial charge in [0.15, 0.2) is 6.10 Å². The van der Waals surface area contributed by atoms with E-state index in [9.17, 15) is 4.79 Å². The largest absolute Gasteiger partial charge is 0.479 e. The Bertz CT molecular complexity index is 278. The Morgan fingerprint density at radius 1 is 1.24 bits per heavy atom. The van der Waals surface area contributed by atoms with Gasteiger partial charge in [0.05, 0.1) is 0 Å². The second kappa shape index (κ2) is 9.85. The Morgan fingerprint density at radius 3 is 2.00 bits per heavy atom. The van der Waals surface area contributed by atoms with Crippen LogP contribution in [0.15, 0.2) is 36.5 Å². The van der Waals surface area contributed by atoms with Gasteiger partial charge in [-0.3, -0.25) is 0 Å². The number of carboxylic acids is 1. The third kappa shape index (κ3) is 7.53. The van der Waals surface area contributed by atoms with Crippen molar-refractivity contribution in [3.05, 3.63) is 36.5 Å². The number of hydrogen-bond donors (Lipinski definition) is 2. The van der Waals surface area contributed by atoms with E-state index in [2.05, 4.69) is 6.58 Å². The number of hydrogen-bond acceptors (Lipinski definition) is 2. The first-order valence-corrected chi connectivity index (χ1v) is 5.99. The van der Waals surface area contributed by atoms with Crippen molar-refractivity contribution in [3.63, 3.8) is 0 Å². The highest BCUT2D eigenvalue weighted by atomic mass is 16.4. The molecular weight excluding hydrogens is 216 g/mol. The van der Waals surface area contributed by atoms with Crippen LogP contribution in [0.5, 0.6) is 0 Å². The van der Waals surface area contributed by atoms with Gasteiger partial charge in [-0.25, -0.2) is 4.79 Å². The van der Waals surface area contributed by atoms with Crippen molar-refractivity contribution in [2.75, 3.05) is 0 Å². The number of rotatable bonds is 4. The van der Waals surface area contributed by atoms with Crippen molar-refractivity contribution in [2.24, 2.45) is 0 Å². The molecule has 0 radical (unpaired) electrons. The average molecular weight is 238 g/mol.